The first-order valence-electron chi connectivity index (χ1n) is 6.17. The highest BCUT2D eigenvalue weighted by Crippen LogP contribution is 2.22. The van der Waals surface area contributed by atoms with Crippen molar-refractivity contribution in [2.45, 2.75) is 57.5 Å². The minimum atomic E-state index is -0.289. The van der Waals surface area contributed by atoms with Crippen LogP contribution in [0.15, 0.2) is 0 Å². The average molecular weight is 209 g/mol. The highest BCUT2D eigenvalue weighted by atomic mass is 15.1. The van der Waals surface area contributed by atoms with E-state index in [9.17, 15) is 0 Å². The van der Waals surface area contributed by atoms with Crippen molar-refractivity contribution < 1.29 is 0 Å². The van der Waals surface area contributed by atoms with Crippen molar-refractivity contribution in [2.24, 2.45) is 5.73 Å². The predicted molar refractivity (Wildman–Crippen MR) is 62.3 cm³/mol. The van der Waals surface area contributed by atoms with Gasteiger partial charge in [0.2, 0.25) is 0 Å². The molecule has 1 fully saturated rings. The van der Waals surface area contributed by atoms with Gasteiger partial charge in [-0.15, -0.1) is 0 Å². The Hall–Kier alpha value is -0.590. The normalized spacial score (nSPS) is 20.1. The van der Waals surface area contributed by atoms with E-state index in [1.807, 2.05) is 0 Å². The first-order chi connectivity index (χ1) is 7.27. The summed E-state index contributed by atoms with van der Waals surface area (Å²) in [5.74, 6) is 0. The Kier molecular flexibility index (Phi) is 5.67. The Labute approximate surface area is 93.2 Å². The van der Waals surface area contributed by atoms with Gasteiger partial charge in [-0.3, -0.25) is 0 Å². The molecule has 0 spiro atoms. The van der Waals surface area contributed by atoms with Crippen LogP contribution < -0.4 is 5.73 Å². The molecule has 0 aromatic rings. The van der Waals surface area contributed by atoms with Gasteiger partial charge in [0.1, 0.15) is 0 Å². The first-order valence-corrected chi connectivity index (χ1v) is 6.17. The first kappa shape index (κ1) is 12.5. The van der Waals surface area contributed by atoms with Gasteiger partial charge in [0.05, 0.1) is 12.1 Å². The van der Waals surface area contributed by atoms with Gasteiger partial charge in [0.25, 0.3) is 0 Å². The lowest BCUT2D eigenvalue weighted by Crippen LogP contribution is -2.39. The van der Waals surface area contributed by atoms with Crippen molar-refractivity contribution in [1.82, 2.24) is 4.90 Å². The lowest BCUT2D eigenvalue weighted by molar-refractivity contribution is 0.161. The zero-order chi connectivity index (χ0) is 11.1. The lowest BCUT2D eigenvalue weighted by Gasteiger charge is -2.33. The summed E-state index contributed by atoms with van der Waals surface area (Å²) in [5, 5.41) is 8.64. The van der Waals surface area contributed by atoms with Gasteiger partial charge in [0.15, 0.2) is 0 Å². The second-order valence-corrected chi connectivity index (χ2v) is 4.44. The molecule has 0 saturated heterocycles. The van der Waals surface area contributed by atoms with Gasteiger partial charge in [-0.05, 0) is 25.8 Å². The molecular weight excluding hydrogens is 186 g/mol. The topological polar surface area (TPSA) is 53.0 Å². The predicted octanol–water partition coefficient (Wildman–Crippen LogP) is 1.88. The minimum absolute atomic E-state index is 0.289. The van der Waals surface area contributed by atoms with Crippen LogP contribution in [0.1, 0.15) is 45.4 Å². The quantitative estimate of drug-likeness (QED) is 0.752. The van der Waals surface area contributed by atoms with Crippen LogP contribution in [-0.4, -0.2) is 30.1 Å². The van der Waals surface area contributed by atoms with E-state index in [4.69, 9.17) is 11.0 Å². The summed E-state index contributed by atoms with van der Waals surface area (Å²) < 4.78 is 0. The third-order valence-electron chi connectivity index (χ3n) is 3.39. The molecule has 2 N–H and O–H groups in total. The Morgan fingerprint density at radius 2 is 2.07 bits per heavy atom. The van der Waals surface area contributed by atoms with Crippen molar-refractivity contribution in [3.63, 3.8) is 0 Å². The van der Waals surface area contributed by atoms with E-state index in [2.05, 4.69) is 17.9 Å². The Bertz CT molecular complexity index is 203. The molecule has 0 bridgehead atoms. The maximum atomic E-state index is 8.64. The zero-order valence-corrected chi connectivity index (χ0v) is 9.78. The maximum Gasteiger partial charge on any atom is 0.0940 e. The monoisotopic (exact) mass is 209 g/mol. The fraction of sp³-hybridized carbons (Fsp3) is 0.917. The molecule has 0 aromatic carbocycles. The number of nitrogens with two attached hydrogens (primary N) is 1. The molecule has 3 nitrogen and oxygen atoms in total. The highest BCUT2D eigenvalue weighted by Gasteiger charge is 2.19. The molecule has 3 heteroatoms. The summed E-state index contributed by atoms with van der Waals surface area (Å²) in [6.07, 6.45) is 7.59. The second-order valence-electron chi connectivity index (χ2n) is 4.44. The molecule has 15 heavy (non-hydrogen) atoms. The van der Waals surface area contributed by atoms with Crippen LogP contribution in [0, 0.1) is 11.3 Å². The van der Waals surface area contributed by atoms with Crippen LogP contribution in [0.2, 0.25) is 0 Å². The Morgan fingerprint density at radius 1 is 1.40 bits per heavy atom. The van der Waals surface area contributed by atoms with E-state index < -0.39 is 0 Å². The largest absolute Gasteiger partial charge is 0.316 e. The van der Waals surface area contributed by atoms with Crippen molar-refractivity contribution in [2.75, 3.05) is 13.1 Å². The van der Waals surface area contributed by atoms with E-state index in [1.165, 1.54) is 32.1 Å². The van der Waals surface area contributed by atoms with Gasteiger partial charge in [-0.25, -0.2) is 0 Å². The van der Waals surface area contributed by atoms with Crippen LogP contribution in [0.4, 0.5) is 0 Å². The number of hydrogen-bond donors (Lipinski definition) is 1. The summed E-state index contributed by atoms with van der Waals surface area (Å²) >= 11 is 0. The zero-order valence-electron chi connectivity index (χ0n) is 9.78. The van der Waals surface area contributed by atoms with Gasteiger partial charge >= 0.3 is 0 Å². The van der Waals surface area contributed by atoms with Crippen LogP contribution in [-0.2, 0) is 0 Å². The molecule has 1 unspecified atom stereocenters. The molecule has 0 amide bonds. The van der Waals surface area contributed by atoms with Crippen LogP contribution in [0.25, 0.3) is 0 Å². The molecule has 1 aliphatic rings. The van der Waals surface area contributed by atoms with E-state index in [-0.39, 0.29) is 6.04 Å². The molecule has 1 saturated carbocycles. The maximum absolute atomic E-state index is 8.64. The number of nitriles is 1. The molecule has 0 radical (unpaired) electrons. The van der Waals surface area contributed by atoms with Gasteiger partial charge in [-0.1, -0.05) is 26.2 Å². The fourth-order valence-corrected chi connectivity index (χ4v) is 2.41. The van der Waals surface area contributed by atoms with Crippen LogP contribution >= 0.6 is 0 Å². The molecule has 1 atom stereocenters. The third-order valence-corrected chi connectivity index (χ3v) is 3.39. The Balaban J connectivity index is 2.31. The molecule has 0 aliphatic heterocycles. The van der Waals surface area contributed by atoms with E-state index in [0.717, 1.165) is 25.6 Å². The smallest absolute Gasteiger partial charge is 0.0940 e. The number of hydrogen-bond acceptors (Lipinski definition) is 3. The molecule has 1 aliphatic carbocycles. The van der Waals surface area contributed by atoms with Crippen molar-refractivity contribution in [3.8, 4) is 6.07 Å². The standard InChI is InChI=1S/C12H23N3/c1-2-15(9-8-11(14)10-13)12-6-4-3-5-7-12/h11-12H,2-9,14H2,1H3. The van der Waals surface area contributed by atoms with Gasteiger partial charge in [-0.2, -0.15) is 5.26 Å². The molecule has 0 heterocycles. The van der Waals surface area contributed by atoms with Crippen molar-refractivity contribution in [3.05, 3.63) is 0 Å². The van der Waals surface area contributed by atoms with Gasteiger partial charge in [0, 0.05) is 12.6 Å². The minimum Gasteiger partial charge on any atom is -0.316 e. The Morgan fingerprint density at radius 3 is 2.60 bits per heavy atom. The van der Waals surface area contributed by atoms with Crippen LogP contribution in [0.3, 0.4) is 0 Å². The second kappa shape index (κ2) is 6.81. The molecule has 1 rings (SSSR count). The molecule has 86 valence electrons. The summed E-state index contributed by atoms with van der Waals surface area (Å²) in [4.78, 5) is 2.50. The summed E-state index contributed by atoms with van der Waals surface area (Å²) in [5.41, 5.74) is 5.62. The van der Waals surface area contributed by atoms with Crippen LogP contribution in [0.5, 0.6) is 0 Å². The fourth-order valence-electron chi connectivity index (χ4n) is 2.41. The van der Waals surface area contributed by atoms with Crippen molar-refractivity contribution >= 4 is 0 Å². The van der Waals surface area contributed by atoms with Gasteiger partial charge < -0.3 is 10.6 Å². The lowest BCUT2D eigenvalue weighted by atomic mass is 9.94. The third kappa shape index (κ3) is 4.19. The summed E-state index contributed by atoms with van der Waals surface area (Å²) in [6.45, 7) is 4.27. The average Bonchev–Trinajstić information content (AvgIpc) is 2.31. The van der Waals surface area contributed by atoms with E-state index in [1.54, 1.807) is 0 Å². The highest BCUT2D eigenvalue weighted by molar-refractivity contribution is 4.87. The summed E-state index contributed by atoms with van der Waals surface area (Å²) in [6, 6.07) is 2.55. The number of nitrogens with zero attached hydrogens (tertiary/aromatic N) is 2. The van der Waals surface area contributed by atoms with E-state index in [0.29, 0.717) is 0 Å². The van der Waals surface area contributed by atoms with E-state index >= 15 is 0 Å². The SMILES string of the molecule is CCN(CCC(N)C#N)C1CCCCC1. The number of rotatable bonds is 5. The molecule has 0 aromatic heterocycles. The molecular formula is C12H23N3. The summed E-state index contributed by atoms with van der Waals surface area (Å²) in [7, 11) is 0. The van der Waals surface area contributed by atoms with Crippen molar-refractivity contribution in [1.29, 1.82) is 5.26 Å².